The predicted molar refractivity (Wildman–Crippen MR) is 70.2 cm³/mol. The molecule has 102 valence electrons. The molecule has 0 saturated carbocycles. The zero-order valence-corrected chi connectivity index (χ0v) is 10.5. The van der Waals surface area contributed by atoms with Gasteiger partial charge in [0.05, 0.1) is 10.5 Å². The van der Waals surface area contributed by atoms with E-state index in [1.165, 1.54) is 19.2 Å². The number of nitro benzene ring substituents is 1. The number of carbonyl (C=O) groups is 1. The Morgan fingerprint density at radius 3 is 2.80 bits per heavy atom. The van der Waals surface area contributed by atoms with Gasteiger partial charge in [0, 0.05) is 13.0 Å². The van der Waals surface area contributed by atoms with Crippen molar-refractivity contribution in [2.75, 3.05) is 0 Å². The van der Waals surface area contributed by atoms with Gasteiger partial charge in [-0.15, -0.1) is 0 Å². The first-order valence-electron chi connectivity index (χ1n) is 5.62. The lowest BCUT2D eigenvalue weighted by Crippen LogP contribution is -1.91. The van der Waals surface area contributed by atoms with Crippen molar-refractivity contribution in [2.24, 2.45) is 5.16 Å². The number of nitro groups is 1. The summed E-state index contributed by atoms with van der Waals surface area (Å²) in [6.45, 7) is 1.22. The second kappa shape index (κ2) is 5.79. The van der Waals surface area contributed by atoms with Gasteiger partial charge in [-0.25, -0.2) is 4.79 Å². The number of oxime groups is 1. The van der Waals surface area contributed by atoms with Crippen LogP contribution < -0.4 is 0 Å². The zero-order valence-electron chi connectivity index (χ0n) is 10.5. The molecule has 0 aliphatic rings. The van der Waals surface area contributed by atoms with Crippen LogP contribution >= 0.6 is 0 Å². The summed E-state index contributed by atoms with van der Waals surface area (Å²) in [5.41, 5.74) is 0.315. The lowest BCUT2D eigenvalue weighted by atomic mass is 10.1. The summed E-state index contributed by atoms with van der Waals surface area (Å²) >= 11 is 0. The number of benzene rings is 1. The van der Waals surface area contributed by atoms with Gasteiger partial charge in [-0.2, -0.15) is 0 Å². The van der Waals surface area contributed by atoms with Crippen LogP contribution in [-0.2, 0) is 9.63 Å². The number of furan rings is 1. The average molecular weight is 274 g/mol. The van der Waals surface area contributed by atoms with E-state index in [0.717, 1.165) is 0 Å². The van der Waals surface area contributed by atoms with Gasteiger partial charge in [0.1, 0.15) is 17.7 Å². The van der Waals surface area contributed by atoms with Crippen LogP contribution in [0.2, 0.25) is 0 Å². The maximum atomic E-state index is 10.9. The van der Waals surface area contributed by atoms with Gasteiger partial charge in [-0.3, -0.25) is 10.1 Å². The molecule has 7 heteroatoms. The Balaban J connectivity index is 2.27. The largest absolute Gasteiger partial charge is 0.455 e. The molecule has 1 aromatic carbocycles. The van der Waals surface area contributed by atoms with Gasteiger partial charge < -0.3 is 9.25 Å². The van der Waals surface area contributed by atoms with Crippen LogP contribution in [0, 0.1) is 10.1 Å². The third kappa shape index (κ3) is 3.08. The van der Waals surface area contributed by atoms with Gasteiger partial charge >= 0.3 is 5.97 Å². The summed E-state index contributed by atoms with van der Waals surface area (Å²) in [6.07, 6.45) is 1.21. The van der Waals surface area contributed by atoms with Gasteiger partial charge in [-0.05, 0) is 18.2 Å². The first-order valence-corrected chi connectivity index (χ1v) is 5.62. The number of rotatable bonds is 4. The standard InChI is InChI=1S/C13H10N2O5/c1-9(16)20-14-8-10-6-7-13(19-10)11-4-2-3-5-12(11)15(17)18/h2-8H,1H3/b14-8-. The molecule has 0 unspecified atom stereocenters. The van der Waals surface area contributed by atoms with Crippen molar-refractivity contribution in [3.8, 4) is 11.3 Å². The van der Waals surface area contributed by atoms with Crippen LogP contribution in [0.15, 0.2) is 46.0 Å². The van der Waals surface area contributed by atoms with E-state index in [1.54, 1.807) is 30.3 Å². The van der Waals surface area contributed by atoms with Crippen molar-refractivity contribution >= 4 is 17.9 Å². The fourth-order valence-corrected chi connectivity index (χ4v) is 1.56. The Labute approximate surface area is 113 Å². The molecule has 7 nitrogen and oxygen atoms in total. The van der Waals surface area contributed by atoms with Gasteiger partial charge in [-0.1, -0.05) is 17.3 Å². The van der Waals surface area contributed by atoms with E-state index in [4.69, 9.17) is 4.42 Å². The Hall–Kier alpha value is -2.96. The highest BCUT2D eigenvalue weighted by molar-refractivity contribution is 5.79. The summed E-state index contributed by atoms with van der Waals surface area (Å²) in [6, 6.07) is 9.38. The topological polar surface area (TPSA) is 94.9 Å². The summed E-state index contributed by atoms with van der Waals surface area (Å²) in [4.78, 5) is 25.4. The third-order valence-corrected chi connectivity index (χ3v) is 2.35. The van der Waals surface area contributed by atoms with E-state index in [9.17, 15) is 14.9 Å². The lowest BCUT2D eigenvalue weighted by Gasteiger charge is -1.98. The zero-order chi connectivity index (χ0) is 14.5. The summed E-state index contributed by atoms with van der Waals surface area (Å²) in [5, 5.41) is 14.3. The smallest absolute Gasteiger partial charge is 0.331 e. The molecular weight excluding hydrogens is 264 g/mol. The first kappa shape index (κ1) is 13.5. The van der Waals surface area contributed by atoms with Gasteiger partial charge in [0.15, 0.2) is 0 Å². The van der Waals surface area contributed by atoms with Gasteiger partial charge in [0.25, 0.3) is 5.69 Å². The van der Waals surface area contributed by atoms with E-state index in [0.29, 0.717) is 17.1 Å². The predicted octanol–water partition coefficient (Wildman–Crippen LogP) is 2.75. The molecular formula is C13H10N2O5. The van der Waals surface area contributed by atoms with Crippen molar-refractivity contribution in [3.05, 3.63) is 52.3 Å². The summed E-state index contributed by atoms with van der Waals surface area (Å²) < 4.78 is 5.40. The highest BCUT2D eigenvalue weighted by Crippen LogP contribution is 2.30. The Morgan fingerprint density at radius 1 is 1.35 bits per heavy atom. The molecule has 20 heavy (non-hydrogen) atoms. The number of nitrogens with zero attached hydrogens (tertiary/aromatic N) is 2. The second-order valence-electron chi connectivity index (χ2n) is 3.79. The summed E-state index contributed by atoms with van der Waals surface area (Å²) in [7, 11) is 0. The second-order valence-corrected chi connectivity index (χ2v) is 3.79. The molecule has 1 heterocycles. The van der Waals surface area contributed by atoms with Crippen molar-refractivity contribution in [2.45, 2.75) is 6.92 Å². The van der Waals surface area contributed by atoms with Gasteiger partial charge in [0.2, 0.25) is 0 Å². The highest BCUT2D eigenvalue weighted by Gasteiger charge is 2.16. The van der Waals surface area contributed by atoms with Crippen LogP contribution in [0.4, 0.5) is 5.69 Å². The Kier molecular flexibility index (Phi) is 3.90. The van der Waals surface area contributed by atoms with Crippen LogP contribution in [0.5, 0.6) is 0 Å². The average Bonchev–Trinajstić information content (AvgIpc) is 2.87. The number of para-hydroxylation sites is 1. The van der Waals surface area contributed by atoms with Crippen LogP contribution in [0.1, 0.15) is 12.7 Å². The molecule has 0 radical (unpaired) electrons. The molecule has 0 saturated heterocycles. The monoisotopic (exact) mass is 274 g/mol. The SMILES string of the molecule is CC(=O)O/N=C\c1ccc(-c2ccccc2[N+](=O)[O-])o1. The minimum Gasteiger partial charge on any atom is -0.455 e. The molecule has 0 N–H and O–H groups in total. The fraction of sp³-hybridized carbons (Fsp3) is 0.0769. The van der Waals surface area contributed by atoms with E-state index in [-0.39, 0.29) is 5.69 Å². The molecule has 0 bridgehead atoms. The number of hydrogen-bond donors (Lipinski definition) is 0. The normalized spacial score (nSPS) is 10.7. The minimum absolute atomic E-state index is 0.0506. The Morgan fingerprint density at radius 2 is 2.10 bits per heavy atom. The first-order chi connectivity index (χ1) is 9.58. The maximum Gasteiger partial charge on any atom is 0.331 e. The molecule has 2 rings (SSSR count). The van der Waals surface area contributed by atoms with Crippen LogP contribution in [-0.4, -0.2) is 17.1 Å². The lowest BCUT2D eigenvalue weighted by molar-refractivity contribution is -0.384. The maximum absolute atomic E-state index is 10.9. The van der Waals surface area contributed by atoms with Crippen molar-refractivity contribution < 1.29 is 19.0 Å². The number of hydrogen-bond acceptors (Lipinski definition) is 6. The molecule has 0 atom stereocenters. The van der Waals surface area contributed by atoms with E-state index < -0.39 is 10.9 Å². The third-order valence-electron chi connectivity index (χ3n) is 2.35. The highest BCUT2D eigenvalue weighted by atomic mass is 16.7. The molecule has 0 aliphatic carbocycles. The van der Waals surface area contributed by atoms with Crippen molar-refractivity contribution in [3.63, 3.8) is 0 Å². The molecule has 0 fully saturated rings. The van der Waals surface area contributed by atoms with Crippen molar-refractivity contribution in [1.29, 1.82) is 0 Å². The van der Waals surface area contributed by atoms with E-state index in [2.05, 4.69) is 9.99 Å². The molecule has 2 aromatic rings. The quantitative estimate of drug-likeness (QED) is 0.369. The molecule has 0 amide bonds. The van der Waals surface area contributed by atoms with E-state index in [1.807, 2.05) is 0 Å². The summed E-state index contributed by atoms with van der Waals surface area (Å²) in [5.74, 6) is 0.104. The Bertz CT molecular complexity index is 675. The molecule has 0 spiro atoms. The minimum atomic E-state index is -0.549. The molecule has 0 aliphatic heterocycles. The van der Waals surface area contributed by atoms with Crippen LogP contribution in [0.3, 0.4) is 0 Å². The van der Waals surface area contributed by atoms with Crippen molar-refractivity contribution in [1.82, 2.24) is 0 Å². The fourth-order valence-electron chi connectivity index (χ4n) is 1.56. The number of carbonyl (C=O) groups excluding carboxylic acids is 1. The van der Waals surface area contributed by atoms with Crippen LogP contribution in [0.25, 0.3) is 11.3 Å². The molecule has 1 aromatic heterocycles. The van der Waals surface area contributed by atoms with E-state index >= 15 is 0 Å².